The van der Waals surface area contributed by atoms with E-state index in [2.05, 4.69) is 6.08 Å². The molecule has 0 fully saturated rings. The van der Waals surface area contributed by atoms with Crippen LogP contribution in [0.5, 0.6) is 11.5 Å². The van der Waals surface area contributed by atoms with Crippen LogP contribution in [0.4, 0.5) is 0 Å². The molecule has 0 saturated carbocycles. The van der Waals surface area contributed by atoms with Gasteiger partial charge in [-0.05, 0) is 55.7 Å². The van der Waals surface area contributed by atoms with Gasteiger partial charge in [0.25, 0.3) is 0 Å². The van der Waals surface area contributed by atoms with E-state index in [0.29, 0.717) is 12.2 Å². The molecule has 158 valence electrons. The van der Waals surface area contributed by atoms with E-state index in [1.54, 1.807) is 19.3 Å². The lowest BCUT2D eigenvalue weighted by atomic mass is 10.0. The molecule has 2 rings (SSSR count). The van der Waals surface area contributed by atoms with Gasteiger partial charge >= 0.3 is 5.97 Å². The predicted octanol–water partition coefficient (Wildman–Crippen LogP) is 4.41. The van der Waals surface area contributed by atoms with Gasteiger partial charge in [-0.25, -0.2) is 0 Å². The van der Waals surface area contributed by atoms with E-state index in [-0.39, 0.29) is 30.1 Å². The van der Waals surface area contributed by atoms with Crippen molar-refractivity contribution in [1.82, 2.24) is 0 Å². The summed E-state index contributed by atoms with van der Waals surface area (Å²) in [6.07, 6.45) is 5.41. The lowest BCUT2D eigenvalue weighted by Crippen LogP contribution is -2.03. The smallest absolute Gasteiger partial charge is 0.307 e. The van der Waals surface area contributed by atoms with Crippen molar-refractivity contribution in [2.75, 3.05) is 13.9 Å². The lowest BCUT2D eigenvalue weighted by Gasteiger charge is -2.11. The molecule has 0 heterocycles. The number of carbonyl (C=O) groups excluding carboxylic acids is 1. The summed E-state index contributed by atoms with van der Waals surface area (Å²) in [4.78, 5) is 23.4. The Morgan fingerprint density at radius 3 is 2.53 bits per heavy atom. The highest BCUT2D eigenvalue weighted by molar-refractivity contribution is 6.08. The van der Waals surface area contributed by atoms with Crippen molar-refractivity contribution in [1.29, 1.82) is 0 Å². The number of ether oxygens (including phenoxy) is 2. The molecule has 2 aromatic carbocycles. The molecule has 2 N–H and O–H groups in total. The minimum atomic E-state index is -1.08. The van der Waals surface area contributed by atoms with Gasteiger partial charge in [-0.15, -0.1) is 0 Å². The maximum absolute atomic E-state index is 12.5. The third-order valence-electron chi connectivity index (χ3n) is 4.30. The summed E-state index contributed by atoms with van der Waals surface area (Å²) < 4.78 is 10.6. The van der Waals surface area contributed by atoms with Gasteiger partial charge in [0.15, 0.2) is 12.6 Å². The Bertz CT molecular complexity index is 968. The highest BCUT2D eigenvalue weighted by atomic mass is 16.7. The first-order valence-electron chi connectivity index (χ1n) is 9.45. The number of aromatic hydroxyl groups is 1. The molecule has 0 radical (unpaired) electrons. The minimum absolute atomic E-state index is 0.0646. The summed E-state index contributed by atoms with van der Waals surface area (Å²) in [5.41, 5.74) is 3.20. The van der Waals surface area contributed by atoms with Crippen LogP contribution >= 0.6 is 0 Å². The predicted molar refractivity (Wildman–Crippen MR) is 115 cm³/mol. The average molecular weight is 410 g/mol. The first-order chi connectivity index (χ1) is 14.3. The van der Waals surface area contributed by atoms with E-state index in [4.69, 9.17) is 14.6 Å². The van der Waals surface area contributed by atoms with Crippen LogP contribution in [0.25, 0.3) is 6.08 Å². The molecular formula is C24H26O6. The Morgan fingerprint density at radius 2 is 1.87 bits per heavy atom. The average Bonchev–Trinajstić information content (AvgIpc) is 2.70. The summed E-state index contributed by atoms with van der Waals surface area (Å²) >= 11 is 0. The Kier molecular flexibility index (Phi) is 8.38. The fourth-order valence-corrected chi connectivity index (χ4v) is 2.80. The van der Waals surface area contributed by atoms with Crippen LogP contribution in [-0.4, -0.2) is 35.9 Å². The number of aliphatic carboxylic acids is 1. The number of allylic oxidation sites excluding steroid dienone is 3. The van der Waals surface area contributed by atoms with E-state index in [9.17, 15) is 14.7 Å². The number of rotatable bonds is 10. The Labute approximate surface area is 176 Å². The van der Waals surface area contributed by atoms with Crippen molar-refractivity contribution in [2.45, 2.75) is 26.7 Å². The van der Waals surface area contributed by atoms with E-state index < -0.39 is 11.8 Å². The molecule has 0 unspecified atom stereocenters. The number of methoxy groups -OCH3 is 1. The Morgan fingerprint density at radius 1 is 1.10 bits per heavy atom. The number of benzene rings is 2. The van der Waals surface area contributed by atoms with E-state index in [1.165, 1.54) is 23.8 Å². The quantitative estimate of drug-likeness (QED) is 0.261. The van der Waals surface area contributed by atoms with Crippen molar-refractivity contribution in [2.24, 2.45) is 0 Å². The van der Waals surface area contributed by atoms with Gasteiger partial charge in [0.1, 0.15) is 11.5 Å². The molecule has 2 aromatic rings. The van der Waals surface area contributed by atoms with Gasteiger partial charge < -0.3 is 19.7 Å². The number of para-hydroxylation sites is 1. The summed E-state index contributed by atoms with van der Waals surface area (Å²) in [6, 6.07) is 10.1. The van der Waals surface area contributed by atoms with Gasteiger partial charge in [-0.2, -0.15) is 0 Å². The number of carbonyl (C=O) groups is 2. The number of carboxylic acids is 1. The van der Waals surface area contributed by atoms with Crippen LogP contribution in [0.15, 0.2) is 54.1 Å². The fraction of sp³-hybridized carbons (Fsp3) is 0.250. The molecule has 0 atom stereocenters. The van der Waals surface area contributed by atoms with Gasteiger partial charge in [0, 0.05) is 12.7 Å². The highest BCUT2D eigenvalue weighted by Crippen LogP contribution is 2.25. The standard InChI is InChI=1S/C24H26O6/c1-16(2)7-10-18-13-17(9-12-22(18)30-15-29-3)8-11-21(25)20-6-4-5-19(24(20)28)14-23(26)27/h4-9,11-13,28H,10,14-15H2,1-3H3,(H,26,27). The molecule has 0 aliphatic rings. The first kappa shape index (κ1) is 22.9. The van der Waals surface area contributed by atoms with E-state index in [0.717, 1.165) is 11.1 Å². The third kappa shape index (κ3) is 6.60. The van der Waals surface area contributed by atoms with Gasteiger partial charge in [-0.3, -0.25) is 9.59 Å². The second-order valence-corrected chi connectivity index (χ2v) is 6.99. The first-order valence-corrected chi connectivity index (χ1v) is 9.45. The van der Waals surface area contributed by atoms with Crippen LogP contribution < -0.4 is 4.74 Å². The van der Waals surface area contributed by atoms with Gasteiger partial charge in [0.2, 0.25) is 0 Å². The molecule has 0 aliphatic carbocycles. The summed E-state index contributed by atoms with van der Waals surface area (Å²) in [7, 11) is 1.55. The molecule has 0 amide bonds. The maximum Gasteiger partial charge on any atom is 0.307 e. The lowest BCUT2D eigenvalue weighted by molar-refractivity contribution is -0.136. The second-order valence-electron chi connectivity index (χ2n) is 6.99. The van der Waals surface area contributed by atoms with Crippen LogP contribution in [0.3, 0.4) is 0 Å². The van der Waals surface area contributed by atoms with Crippen LogP contribution in [0, 0.1) is 0 Å². The summed E-state index contributed by atoms with van der Waals surface area (Å²) in [6.45, 7) is 4.17. The topological polar surface area (TPSA) is 93.1 Å². The monoisotopic (exact) mass is 410 g/mol. The Balaban J connectivity index is 2.26. The number of ketones is 1. The summed E-state index contributed by atoms with van der Waals surface area (Å²) in [5, 5.41) is 19.2. The minimum Gasteiger partial charge on any atom is -0.507 e. The fourth-order valence-electron chi connectivity index (χ4n) is 2.80. The Hall–Kier alpha value is -3.38. The van der Waals surface area contributed by atoms with Crippen molar-refractivity contribution in [3.8, 4) is 11.5 Å². The van der Waals surface area contributed by atoms with Crippen LogP contribution in [0.2, 0.25) is 0 Å². The van der Waals surface area contributed by atoms with Crippen molar-refractivity contribution < 1.29 is 29.3 Å². The normalized spacial score (nSPS) is 10.8. The highest BCUT2D eigenvalue weighted by Gasteiger charge is 2.14. The second kappa shape index (κ2) is 11.0. The number of carboxylic acid groups (broad SMARTS) is 1. The maximum atomic E-state index is 12.5. The zero-order valence-corrected chi connectivity index (χ0v) is 17.3. The van der Waals surface area contributed by atoms with E-state index >= 15 is 0 Å². The molecule has 0 aliphatic heterocycles. The van der Waals surface area contributed by atoms with Crippen molar-refractivity contribution in [3.05, 3.63) is 76.4 Å². The zero-order valence-electron chi connectivity index (χ0n) is 17.3. The number of phenols is 1. The molecule has 0 bridgehead atoms. The van der Waals surface area contributed by atoms with Crippen LogP contribution in [-0.2, 0) is 22.4 Å². The van der Waals surface area contributed by atoms with E-state index in [1.807, 2.05) is 32.0 Å². The van der Waals surface area contributed by atoms with Gasteiger partial charge in [-0.1, -0.05) is 35.9 Å². The molecule has 30 heavy (non-hydrogen) atoms. The molecule has 0 spiro atoms. The zero-order chi connectivity index (χ0) is 22.1. The SMILES string of the molecule is COCOc1ccc(C=CC(=O)c2cccc(CC(=O)O)c2O)cc1CC=C(C)C. The molecule has 0 aromatic heterocycles. The molecule has 6 nitrogen and oxygen atoms in total. The summed E-state index contributed by atoms with van der Waals surface area (Å²) in [5.74, 6) is -1.09. The van der Waals surface area contributed by atoms with Crippen LogP contribution in [0.1, 0.15) is 40.9 Å². The molecular weight excluding hydrogens is 384 g/mol. The van der Waals surface area contributed by atoms with Crippen molar-refractivity contribution >= 4 is 17.8 Å². The third-order valence-corrected chi connectivity index (χ3v) is 4.30. The number of hydrogen-bond donors (Lipinski definition) is 2. The number of hydrogen-bond acceptors (Lipinski definition) is 5. The number of phenolic OH excluding ortho intramolecular Hbond substituents is 1. The van der Waals surface area contributed by atoms with Gasteiger partial charge in [0.05, 0.1) is 12.0 Å². The molecule has 0 saturated heterocycles. The molecule has 6 heteroatoms. The van der Waals surface area contributed by atoms with Crippen molar-refractivity contribution in [3.63, 3.8) is 0 Å². The largest absolute Gasteiger partial charge is 0.507 e.